The molecule has 0 aromatic rings. The Morgan fingerprint density at radius 2 is 1.50 bits per heavy atom. The van der Waals surface area contributed by atoms with E-state index in [4.69, 9.17) is 0 Å². The highest BCUT2D eigenvalue weighted by atomic mass is 35.5. The van der Waals surface area contributed by atoms with Crippen LogP contribution in [0.4, 0.5) is 0 Å². The molecule has 0 aliphatic heterocycles. The summed E-state index contributed by atoms with van der Waals surface area (Å²) in [5, 5.41) is 1.44. The summed E-state index contributed by atoms with van der Waals surface area (Å²) in [5.74, 6) is 4.72. The van der Waals surface area contributed by atoms with Gasteiger partial charge in [0.1, 0.15) is 0 Å². The molecule has 0 aromatic carbocycles. The van der Waals surface area contributed by atoms with Gasteiger partial charge in [-0.05, 0) is 0 Å². The van der Waals surface area contributed by atoms with Crippen molar-refractivity contribution in [2.24, 2.45) is 0 Å². The SMILES string of the molecule is C[CH2][Al]([CH3])[CH3].Cl. The smallest absolute Gasteiger partial charge is 0.147 e. The second-order valence-corrected chi connectivity index (χ2v) is 5.41. The molecular weight excluding hydrogens is 110 g/mol. The predicted molar refractivity (Wildman–Crippen MR) is 35.2 cm³/mol. The average molecular weight is 123 g/mol. The van der Waals surface area contributed by atoms with E-state index < -0.39 is 0 Å². The molecule has 2 heteroatoms. The lowest BCUT2D eigenvalue weighted by atomic mass is 11.0. The van der Waals surface area contributed by atoms with Gasteiger partial charge in [0.05, 0.1) is 0 Å². The van der Waals surface area contributed by atoms with Gasteiger partial charge in [0, 0.05) is 0 Å². The number of hydrogen-bond donors (Lipinski definition) is 0. The fraction of sp³-hybridized carbons (Fsp3) is 1.00. The van der Waals surface area contributed by atoms with E-state index in [1.807, 2.05) is 0 Å². The van der Waals surface area contributed by atoms with Crippen molar-refractivity contribution in [3.05, 3.63) is 0 Å². The van der Waals surface area contributed by atoms with Crippen molar-refractivity contribution in [3.8, 4) is 0 Å². The summed E-state index contributed by atoms with van der Waals surface area (Å²) in [7, 11) is 0. The van der Waals surface area contributed by atoms with Gasteiger partial charge in [0.15, 0.2) is 0 Å². The molecule has 0 nitrogen and oxygen atoms in total. The van der Waals surface area contributed by atoms with Crippen molar-refractivity contribution in [3.63, 3.8) is 0 Å². The molecule has 0 aliphatic carbocycles. The molecule has 0 rings (SSSR count). The van der Waals surface area contributed by atoms with E-state index in [0.29, 0.717) is 0 Å². The normalized spacial score (nSPS) is 6.50. The quantitative estimate of drug-likeness (QED) is 0.468. The van der Waals surface area contributed by atoms with Crippen LogP contribution in [0.15, 0.2) is 0 Å². The average Bonchev–Trinajstić information content (AvgIpc) is 1.38. The first kappa shape index (κ1) is 9.95. The van der Waals surface area contributed by atoms with E-state index in [-0.39, 0.29) is 26.6 Å². The van der Waals surface area contributed by atoms with Gasteiger partial charge in [-0.15, -0.1) is 24.0 Å². The third-order valence-corrected chi connectivity index (χ3v) is 2.45. The molecule has 0 radical (unpaired) electrons. The van der Waals surface area contributed by atoms with Crippen molar-refractivity contribution >= 4 is 26.6 Å². The summed E-state index contributed by atoms with van der Waals surface area (Å²) in [4.78, 5) is 0. The fourth-order valence-corrected chi connectivity index (χ4v) is 0. The fourth-order valence-electron chi connectivity index (χ4n) is 0. The first-order valence-corrected chi connectivity index (χ1v) is 5.40. The monoisotopic (exact) mass is 122 g/mol. The summed E-state index contributed by atoms with van der Waals surface area (Å²) in [5.41, 5.74) is 0. The molecule has 0 N–H and O–H groups in total. The Hall–Kier alpha value is 0.822. The number of rotatable bonds is 1. The topological polar surface area (TPSA) is 0 Å². The lowest BCUT2D eigenvalue weighted by molar-refractivity contribution is 1.41. The minimum atomic E-state index is -0.150. The van der Waals surface area contributed by atoms with E-state index in [1.54, 1.807) is 0 Å². The van der Waals surface area contributed by atoms with Gasteiger partial charge in [0.2, 0.25) is 0 Å². The lowest BCUT2D eigenvalue weighted by Crippen LogP contribution is -1.92. The van der Waals surface area contributed by atoms with E-state index in [9.17, 15) is 0 Å². The predicted octanol–water partition coefficient (Wildman–Crippen LogP) is 2.18. The zero-order chi connectivity index (χ0) is 4.28. The van der Waals surface area contributed by atoms with Crippen LogP contribution in [0, 0.1) is 0 Å². The van der Waals surface area contributed by atoms with E-state index in [1.165, 1.54) is 5.28 Å². The van der Waals surface area contributed by atoms with E-state index in [0.717, 1.165) is 0 Å². The first-order chi connectivity index (χ1) is 2.27. The molecule has 0 saturated carbocycles. The minimum absolute atomic E-state index is 0. The highest BCUT2D eigenvalue weighted by molar-refractivity contribution is 6.55. The van der Waals surface area contributed by atoms with Gasteiger partial charge >= 0.3 is 0 Å². The van der Waals surface area contributed by atoms with Crippen LogP contribution in [-0.4, -0.2) is 14.1 Å². The highest BCUT2D eigenvalue weighted by Gasteiger charge is 1.91. The molecule has 0 saturated heterocycles. The Bertz CT molecular complexity index is 21.5. The summed E-state index contributed by atoms with van der Waals surface area (Å²) in [6, 6.07) is 0. The Balaban J connectivity index is 0. The molecule has 0 unspecified atom stereocenters. The van der Waals surface area contributed by atoms with Crippen LogP contribution >= 0.6 is 12.4 Å². The maximum Gasteiger partial charge on any atom is 0.254 e. The maximum atomic E-state index is 2.36. The third-order valence-electron chi connectivity index (χ3n) is 0.816. The maximum absolute atomic E-state index is 2.36. The van der Waals surface area contributed by atoms with Gasteiger partial charge < -0.3 is 0 Å². The van der Waals surface area contributed by atoms with Crippen molar-refractivity contribution in [1.29, 1.82) is 0 Å². The zero-order valence-electron chi connectivity index (χ0n) is 4.69. The molecule has 6 heavy (non-hydrogen) atoms. The third kappa shape index (κ3) is 8.85. The Morgan fingerprint density at radius 3 is 1.50 bits per heavy atom. The van der Waals surface area contributed by atoms with E-state index >= 15 is 0 Å². The summed E-state index contributed by atoms with van der Waals surface area (Å²) < 4.78 is 0. The molecule has 38 valence electrons. The van der Waals surface area contributed by atoms with Crippen LogP contribution in [0.25, 0.3) is 0 Å². The highest BCUT2D eigenvalue weighted by Crippen LogP contribution is 1.83. The molecule has 0 bridgehead atoms. The Kier molecular flexibility index (Phi) is 9.65. The standard InChI is InChI=1S/C2H5.2CH3.Al.ClH/c1-2;;;;/h1H2,2H3;2*1H3;;1H. The lowest BCUT2D eigenvalue weighted by Gasteiger charge is -1.81. The minimum Gasteiger partial charge on any atom is -0.147 e. The molecule has 0 fully saturated rings. The molecule has 0 atom stereocenters. The van der Waals surface area contributed by atoms with Gasteiger partial charge in [0.25, 0.3) is 14.1 Å². The zero-order valence-corrected chi connectivity index (χ0v) is 6.66. The Morgan fingerprint density at radius 1 is 1.33 bits per heavy atom. The van der Waals surface area contributed by atoms with Gasteiger partial charge in [-0.25, -0.2) is 0 Å². The van der Waals surface area contributed by atoms with Crippen molar-refractivity contribution in [1.82, 2.24) is 0 Å². The summed E-state index contributed by atoms with van der Waals surface area (Å²) in [6.07, 6.45) is 0. The number of hydrogen-bond acceptors (Lipinski definition) is 0. The molecule has 0 amide bonds. The van der Waals surface area contributed by atoms with Crippen molar-refractivity contribution in [2.75, 3.05) is 0 Å². The Labute approximate surface area is 50.7 Å². The molecular formula is C4H12AlCl. The van der Waals surface area contributed by atoms with Crippen molar-refractivity contribution < 1.29 is 0 Å². The molecule has 0 aromatic heterocycles. The van der Waals surface area contributed by atoms with Crippen LogP contribution in [-0.2, 0) is 0 Å². The van der Waals surface area contributed by atoms with Gasteiger partial charge in [-0.3, -0.25) is 0 Å². The largest absolute Gasteiger partial charge is 0.254 e. The first-order valence-electron chi connectivity index (χ1n) is 2.27. The van der Waals surface area contributed by atoms with Crippen LogP contribution in [0.1, 0.15) is 6.92 Å². The van der Waals surface area contributed by atoms with Crippen molar-refractivity contribution in [2.45, 2.75) is 23.8 Å². The number of halogens is 1. The summed E-state index contributed by atoms with van der Waals surface area (Å²) >= 11 is -0.150. The van der Waals surface area contributed by atoms with Crippen LogP contribution < -0.4 is 0 Å². The second kappa shape index (κ2) is 5.82. The van der Waals surface area contributed by atoms with Gasteiger partial charge in [-0.1, -0.05) is 12.2 Å². The second-order valence-electron chi connectivity index (χ2n) is 1.80. The molecule has 0 aliphatic rings. The van der Waals surface area contributed by atoms with E-state index in [2.05, 4.69) is 18.5 Å². The van der Waals surface area contributed by atoms with Crippen LogP contribution in [0.2, 0.25) is 16.9 Å². The molecule has 0 spiro atoms. The van der Waals surface area contributed by atoms with Crippen LogP contribution in [0.5, 0.6) is 0 Å². The van der Waals surface area contributed by atoms with Gasteiger partial charge in [-0.2, -0.15) is 0 Å². The van der Waals surface area contributed by atoms with Crippen LogP contribution in [0.3, 0.4) is 0 Å². The molecule has 0 heterocycles. The summed E-state index contributed by atoms with van der Waals surface area (Å²) in [6.45, 7) is 2.26.